The second kappa shape index (κ2) is 8.58. The third kappa shape index (κ3) is 4.89. The molecule has 6 heteroatoms. The van der Waals surface area contributed by atoms with Gasteiger partial charge in [-0.1, -0.05) is 19.1 Å². The van der Waals surface area contributed by atoms with Gasteiger partial charge in [0.2, 0.25) is 0 Å². The molecule has 2 aliphatic rings. The number of amides is 1. The Hall–Kier alpha value is -1.98. The number of carbonyl (C=O) groups excluding carboxylic acids is 1. The van der Waals surface area contributed by atoms with Gasteiger partial charge in [-0.15, -0.1) is 0 Å². The summed E-state index contributed by atoms with van der Waals surface area (Å²) in [5, 5.41) is 12.9. The van der Waals surface area contributed by atoms with Gasteiger partial charge in [-0.05, 0) is 72.3 Å². The van der Waals surface area contributed by atoms with E-state index in [0.717, 1.165) is 37.9 Å². The summed E-state index contributed by atoms with van der Waals surface area (Å²) in [7, 11) is 0. The van der Waals surface area contributed by atoms with Crippen LogP contribution in [0.3, 0.4) is 0 Å². The summed E-state index contributed by atoms with van der Waals surface area (Å²) in [5.74, 6) is -0.849. The summed E-state index contributed by atoms with van der Waals surface area (Å²) in [4.78, 5) is 26.4. The smallest absolute Gasteiger partial charge is 0.407 e. The third-order valence-electron chi connectivity index (χ3n) is 6.05. The second-order valence-corrected chi connectivity index (χ2v) is 9.17. The highest BCUT2D eigenvalue weighted by molar-refractivity contribution is 5.79. The summed E-state index contributed by atoms with van der Waals surface area (Å²) in [6, 6.07) is 0.389. The lowest BCUT2D eigenvalue weighted by molar-refractivity contribution is -0.149. The Morgan fingerprint density at radius 2 is 1.89 bits per heavy atom. The van der Waals surface area contributed by atoms with Crippen LogP contribution >= 0.6 is 0 Å². The van der Waals surface area contributed by atoms with Crippen molar-refractivity contribution in [3.8, 4) is 0 Å². The summed E-state index contributed by atoms with van der Waals surface area (Å²) >= 11 is 0. The van der Waals surface area contributed by atoms with Crippen molar-refractivity contribution in [3.63, 3.8) is 0 Å². The standard InChI is InChI=1S/C22H36N2O4/c1-7-24(18-10-8-9-15(2)22(18,6)19(25)26)17-13-11-16(12-14-17)23-20(27)28-21(3,4)5/h8-10,15-17H,7,11-14H2,1-6H3,(H,23,27)(H,25,26). The van der Waals surface area contributed by atoms with Gasteiger partial charge in [0.1, 0.15) is 11.0 Å². The van der Waals surface area contributed by atoms with Crippen LogP contribution in [-0.4, -0.2) is 46.3 Å². The molecule has 0 aromatic carbocycles. The Balaban J connectivity index is 2.04. The monoisotopic (exact) mass is 392 g/mol. The van der Waals surface area contributed by atoms with E-state index in [0.29, 0.717) is 0 Å². The molecule has 0 saturated heterocycles. The van der Waals surface area contributed by atoms with E-state index in [1.807, 2.05) is 52.8 Å². The molecule has 2 N–H and O–H groups in total. The number of nitrogens with one attached hydrogen (secondary N) is 1. The number of allylic oxidation sites excluding steroid dienone is 3. The molecule has 1 fully saturated rings. The van der Waals surface area contributed by atoms with Crippen LogP contribution in [0.1, 0.15) is 67.2 Å². The lowest BCUT2D eigenvalue weighted by Gasteiger charge is -2.46. The number of nitrogens with zero attached hydrogens (tertiary/aromatic N) is 1. The number of rotatable bonds is 5. The van der Waals surface area contributed by atoms with Crippen molar-refractivity contribution in [2.24, 2.45) is 11.3 Å². The molecule has 0 aromatic heterocycles. The molecule has 2 rings (SSSR count). The molecule has 0 spiro atoms. The van der Waals surface area contributed by atoms with Crippen LogP contribution in [0.2, 0.25) is 0 Å². The van der Waals surface area contributed by atoms with Crippen molar-refractivity contribution < 1.29 is 19.4 Å². The van der Waals surface area contributed by atoms with E-state index in [-0.39, 0.29) is 24.1 Å². The molecule has 1 amide bonds. The molecule has 2 unspecified atom stereocenters. The molecule has 0 radical (unpaired) electrons. The highest BCUT2D eigenvalue weighted by atomic mass is 16.6. The Morgan fingerprint density at radius 1 is 1.29 bits per heavy atom. The number of ether oxygens (including phenoxy) is 1. The van der Waals surface area contributed by atoms with E-state index < -0.39 is 17.0 Å². The number of aliphatic carboxylic acids is 1. The maximum Gasteiger partial charge on any atom is 0.407 e. The first-order chi connectivity index (χ1) is 13.0. The van der Waals surface area contributed by atoms with Gasteiger partial charge in [0, 0.05) is 24.3 Å². The molecule has 2 aliphatic carbocycles. The van der Waals surface area contributed by atoms with E-state index in [4.69, 9.17) is 4.74 Å². The van der Waals surface area contributed by atoms with Crippen LogP contribution in [0.4, 0.5) is 4.79 Å². The minimum absolute atomic E-state index is 0.0655. The lowest BCUT2D eigenvalue weighted by atomic mass is 9.71. The summed E-state index contributed by atoms with van der Waals surface area (Å²) < 4.78 is 5.35. The SMILES string of the molecule is CCN(C1=CC=CC(C)C1(C)C(=O)O)C1CCC(NC(=O)OC(C)(C)C)CC1. The topological polar surface area (TPSA) is 78.9 Å². The number of carbonyl (C=O) groups is 2. The first-order valence-electron chi connectivity index (χ1n) is 10.4. The normalized spacial score (nSPS) is 30.4. The van der Waals surface area contributed by atoms with Crippen molar-refractivity contribution in [3.05, 3.63) is 23.9 Å². The fourth-order valence-corrected chi connectivity index (χ4v) is 4.24. The van der Waals surface area contributed by atoms with E-state index in [2.05, 4.69) is 17.1 Å². The Morgan fingerprint density at radius 3 is 2.39 bits per heavy atom. The van der Waals surface area contributed by atoms with Crippen LogP contribution in [0.25, 0.3) is 0 Å². The molecule has 2 atom stereocenters. The van der Waals surface area contributed by atoms with Crippen LogP contribution < -0.4 is 5.32 Å². The predicted molar refractivity (Wildman–Crippen MR) is 110 cm³/mol. The average Bonchev–Trinajstić information content (AvgIpc) is 2.58. The zero-order chi connectivity index (χ0) is 21.1. The molecular formula is C22H36N2O4. The largest absolute Gasteiger partial charge is 0.481 e. The molecule has 0 bridgehead atoms. The molecular weight excluding hydrogens is 356 g/mol. The summed E-state index contributed by atoms with van der Waals surface area (Å²) in [5.41, 5.74) is -0.531. The van der Waals surface area contributed by atoms with Gasteiger partial charge in [0.05, 0.1) is 0 Å². The summed E-state index contributed by atoms with van der Waals surface area (Å²) in [6.45, 7) is 12.2. The Labute approximate surface area is 169 Å². The molecule has 1 saturated carbocycles. The Kier molecular flexibility index (Phi) is 6.84. The van der Waals surface area contributed by atoms with Crippen molar-refractivity contribution >= 4 is 12.1 Å². The van der Waals surface area contributed by atoms with Crippen molar-refractivity contribution in [1.82, 2.24) is 10.2 Å². The molecule has 0 aromatic rings. The molecule has 158 valence electrons. The third-order valence-corrected chi connectivity index (χ3v) is 6.05. The van der Waals surface area contributed by atoms with Crippen molar-refractivity contribution in [1.29, 1.82) is 0 Å². The zero-order valence-electron chi connectivity index (χ0n) is 18.1. The Bertz CT molecular complexity index is 641. The quantitative estimate of drug-likeness (QED) is 0.728. The van der Waals surface area contributed by atoms with Crippen LogP contribution in [0.5, 0.6) is 0 Å². The number of carboxylic acid groups (broad SMARTS) is 1. The zero-order valence-corrected chi connectivity index (χ0v) is 18.1. The van der Waals surface area contributed by atoms with Gasteiger partial charge in [-0.25, -0.2) is 4.79 Å². The maximum atomic E-state index is 12.1. The van der Waals surface area contributed by atoms with Gasteiger partial charge >= 0.3 is 12.1 Å². The van der Waals surface area contributed by atoms with Crippen LogP contribution in [-0.2, 0) is 9.53 Å². The lowest BCUT2D eigenvalue weighted by Crippen LogP contribution is -2.49. The van der Waals surface area contributed by atoms with Gasteiger partial charge in [0.25, 0.3) is 0 Å². The second-order valence-electron chi connectivity index (χ2n) is 9.17. The van der Waals surface area contributed by atoms with Crippen LogP contribution in [0.15, 0.2) is 23.9 Å². The fraction of sp³-hybridized carbons (Fsp3) is 0.727. The van der Waals surface area contributed by atoms with E-state index >= 15 is 0 Å². The number of hydrogen-bond donors (Lipinski definition) is 2. The van der Waals surface area contributed by atoms with E-state index in [1.54, 1.807) is 0 Å². The number of carboxylic acids is 1. The van der Waals surface area contributed by atoms with E-state index in [9.17, 15) is 14.7 Å². The van der Waals surface area contributed by atoms with Gasteiger partial charge in [-0.2, -0.15) is 0 Å². The molecule has 6 nitrogen and oxygen atoms in total. The number of alkyl carbamates (subject to hydrolysis) is 1. The minimum atomic E-state index is -0.920. The molecule has 28 heavy (non-hydrogen) atoms. The molecule has 0 aliphatic heterocycles. The van der Waals surface area contributed by atoms with Gasteiger partial charge in [0.15, 0.2) is 0 Å². The first kappa shape index (κ1) is 22.3. The highest BCUT2D eigenvalue weighted by Crippen LogP contribution is 2.43. The predicted octanol–water partition coefficient (Wildman–Crippen LogP) is 4.32. The van der Waals surface area contributed by atoms with Gasteiger partial charge < -0.3 is 20.1 Å². The minimum Gasteiger partial charge on any atom is -0.481 e. The first-order valence-corrected chi connectivity index (χ1v) is 10.4. The number of hydrogen-bond acceptors (Lipinski definition) is 4. The maximum absolute atomic E-state index is 12.1. The van der Waals surface area contributed by atoms with Crippen molar-refractivity contribution in [2.45, 2.75) is 84.9 Å². The fourth-order valence-electron chi connectivity index (χ4n) is 4.24. The van der Waals surface area contributed by atoms with Gasteiger partial charge in [-0.3, -0.25) is 4.79 Å². The molecule has 0 heterocycles. The van der Waals surface area contributed by atoms with Crippen molar-refractivity contribution in [2.75, 3.05) is 6.54 Å². The highest BCUT2D eigenvalue weighted by Gasteiger charge is 2.46. The summed E-state index contributed by atoms with van der Waals surface area (Å²) in [6.07, 6.45) is 9.10. The van der Waals surface area contributed by atoms with E-state index in [1.165, 1.54) is 0 Å². The average molecular weight is 393 g/mol. The van der Waals surface area contributed by atoms with Crippen LogP contribution in [0, 0.1) is 11.3 Å².